The highest BCUT2D eigenvalue weighted by Gasteiger charge is 2.31. The molecule has 2 heterocycles. The molecular weight excluding hydrogens is 389 g/mol. The van der Waals surface area contributed by atoms with Crippen molar-refractivity contribution < 1.29 is 18.3 Å². The van der Waals surface area contributed by atoms with Crippen LogP contribution in [0, 0.1) is 6.92 Å². The van der Waals surface area contributed by atoms with E-state index in [-0.39, 0.29) is 5.75 Å². The van der Waals surface area contributed by atoms with Crippen molar-refractivity contribution in [3.63, 3.8) is 0 Å². The number of rotatable bonds is 4. The fourth-order valence-electron chi connectivity index (χ4n) is 3.69. The van der Waals surface area contributed by atoms with Gasteiger partial charge < -0.3 is 5.11 Å². The molecule has 152 valence electrons. The lowest BCUT2D eigenvalue weighted by atomic mass is 9.85. The van der Waals surface area contributed by atoms with Crippen molar-refractivity contribution in [3.05, 3.63) is 101 Å². The van der Waals surface area contributed by atoms with Gasteiger partial charge in [-0.15, -0.1) is 0 Å². The summed E-state index contributed by atoms with van der Waals surface area (Å²) in [7, 11) is 0. The second-order valence-corrected chi connectivity index (χ2v) is 7.23. The monoisotopic (exact) mass is 408 g/mol. The minimum absolute atomic E-state index is 0.0248. The van der Waals surface area contributed by atoms with E-state index in [0.29, 0.717) is 23.1 Å². The molecule has 0 amide bonds. The number of halogens is 3. The van der Waals surface area contributed by atoms with Gasteiger partial charge in [-0.05, 0) is 36.8 Å². The van der Waals surface area contributed by atoms with Crippen molar-refractivity contribution in [1.29, 1.82) is 0 Å². The molecule has 4 aromatic rings. The van der Waals surface area contributed by atoms with Crippen LogP contribution in [0.1, 0.15) is 34.0 Å². The Morgan fingerprint density at radius 1 is 0.967 bits per heavy atom. The minimum atomic E-state index is -4.45. The summed E-state index contributed by atoms with van der Waals surface area (Å²) in [6.45, 7) is 1.86. The van der Waals surface area contributed by atoms with Crippen molar-refractivity contribution in [2.75, 3.05) is 0 Å². The number of hydrogen-bond donors (Lipinski definition) is 1. The first kappa shape index (κ1) is 19.9. The lowest BCUT2D eigenvalue weighted by Crippen LogP contribution is -2.10. The van der Waals surface area contributed by atoms with Gasteiger partial charge in [0, 0.05) is 40.9 Å². The number of aromatic hydroxyl groups is 1. The molecule has 2 aromatic heterocycles. The number of alkyl halides is 3. The predicted octanol–water partition coefficient (Wildman–Crippen LogP) is 6.04. The highest BCUT2D eigenvalue weighted by Crippen LogP contribution is 2.39. The highest BCUT2D eigenvalue weighted by molar-refractivity contribution is 5.85. The Balaban J connectivity index is 1.87. The Hall–Kier alpha value is -3.41. The largest absolute Gasteiger partial charge is 0.505 e. The molecule has 30 heavy (non-hydrogen) atoms. The Morgan fingerprint density at radius 2 is 1.77 bits per heavy atom. The molecule has 0 aliphatic carbocycles. The Bertz CT molecular complexity index is 1200. The molecule has 0 saturated heterocycles. The molecule has 3 nitrogen and oxygen atoms in total. The van der Waals surface area contributed by atoms with Crippen molar-refractivity contribution in [2.24, 2.45) is 0 Å². The number of benzene rings is 2. The van der Waals surface area contributed by atoms with E-state index in [1.807, 2.05) is 37.3 Å². The van der Waals surface area contributed by atoms with Crippen molar-refractivity contribution in [1.82, 2.24) is 9.97 Å². The summed E-state index contributed by atoms with van der Waals surface area (Å²) in [6, 6.07) is 18.0. The lowest BCUT2D eigenvalue weighted by Gasteiger charge is -2.21. The summed E-state index contributed by atoms with van der Waals surface area (Å²) in [5.74, 6) is -0.545. The number of aromatic nitrogens is 2. The van der Waals surface area contributed by atoms with Crippen LogP contribution in [0.4, 0.5) is 13.2 Å². The number of nitrogens with zero attached hydrogens (tertiary/aromatic N) is 2. The number of phenolic OH excluding ortho intramolecular Hbond substituents is 1. The van der Waals surface area contributed by atoms with Gasteiger partial charge in [0.05, 0.1) is 5.56 Å². The van der Waals surface area contributed by atoms with Crippen LogP contribution in [0.2, 0.25) is 0 Å². The van der Waals surface area contributed by atoms with Gasteiger partial charge in [0.25, 0.3) is 0 Å². The average molecular weight is 408 g/mol. The fraction of sp³-hybridized carbons (Fsp3) is 0.167. The molecule has 0 spiro atoms. The van der Waals surface area contributed by atoms with Crippen LogP contribution in [0.25, 0.3) is 10.9 Å². The third-order valence-electron chi connectivity index (χ3n) is 5.13. The first-order valence-electron chi connectivity index (χ1n) is 9.49. The summed E-state index contributed by atoms with van der Waals surface area (Å²) in [5, 5.41) is 11.7. The topological polar surface area (TPSA) is 46.0 Å². The van der Waals surface area contributed by atoms with Gasteiger partial charge in [-0.1, -0.05) is 42.5 Å². The van der Waals surface area contributed by atoms with Gasteiger partial charge >= 0.3 is 6.18 Å². The molecule has 0 bridgehead atoms. The van der Waals surface area contributed by atoms with Crippen LogP contribution >= 0.6 is 0 Å². The number of fused-ring (bicyclic) bond motifs is 1. The average Bonchev–Trinajstić information content (AvgIpc) is 2.72. The summed E-state index contributed by atoms with van der Waals surface area (Å²) < 4.78 is 40.0. The van der Waals surface area contributed by atoms with E-state index in [0.717, 1.165) is 28.9 Å². The lowest BCUT2D eigenvalue weighted by molar-refractivity contribution is -0.137. The quantitative estimate of drug-likeness (QED) is 0.448. The maximum Gasteiger partial charge on any atom is 0.416 e. The summed E-state index contributed by atoms with van der Waals surface area (Å²) in [6.07, 6.45) is -2.53. The third-order valence-corrected chi connectivity index (χ3v) is 5.13. The Morgan fingerprint density at radius 3 is 2.53 bits per heavy atom. The zero-order valence-electron chi connectivity index (χ0n) is 16.2. The molecule has 0 fully saturated rings. The second-order valence-electron chi connectivity index (χ2n) is 7.23. The van der Waals surface area contributed by atoms with Gasteiger partial charge in [0.2, 0.25) is 0 Å². The molecule has 0 aliphatic rings. The van der Waals surface area contributed by atoms with E-state index < -0.39 is 17.7 Å². The van der Waals surface area contributed by atoms with Crippen LogP contribution < -0.4 is 0 Å². The van der Waals surface area contributed by atoms with Crippen LogP contribution in [0.5, 0.6) is 5.75 Å². The normalized spacial score (nSPS) is 12.8. The minimum Gasteiger partial charge on any atom is -0.505 e. The molecule has 1 unspecified atom stereocenters. The molecule has 1 N–H and O–H groups in total. The van der Waals surface area contributed by atoms with Crippen LogP contribution in [-0.2, 0) is 12.6 Å². The number of hydrogen-bond acceptors (Lipinski definition) is 3. The van der Waals surface area contributed by atoms with E-state index in [1.54, 1.807) is 24.4 Å². The maximum atomic E-state index is 13.3. The SMILES string of the molecule is Cc1cccc(CC(c2cccc(C(F)(F)F)c2)c2ccc3cccnc3c2O)n1. The van der Waals surface area contributed by atoms with Gasteiger partial charge in [0.1, 0.15) is 11.3 Å². The van der Waals surface area contributed by atoms with Crippen molar-refractivity contribution >= 4 is 10.9 Å². The zero-order chi connectivity index (χ0) is 21.3. The molecule has 4 rings (SSSR count). The molecular formula is C24H19F3N2O. The smallest absolute Gasteiger partial charge is 0.416 e. The first-order valence-corrected chi connectivity index (χ1v) is 9.49. The summed E-state index contributed by atoms with van der Waals surface area (Å²) in [4.78, 5) is 8.76. The molecule has 6 heteroatoms. The maximum absolute atomic E-state index is 13.3. The summed E-state index contributed by atoms with van der Waals surface area (Å²) >= 11 is 0. The number of pyridine rings is 2. The number of aryl methyl sites for hydroxylation is 1. The Labute approximate surface area is 171 Å². The van der Waals surface area contributed by atoms with Crippen LogP contribution in [-0.4, -0.2) is 15.1 Å². The van der Waals surface area contributed by atoms with Crippen molar-refractivity contribution in [2.45, 2.75) is 25.4 Å². The third kappa shape index (κ3) is 3.99. The number of phenols is 1. The predicted molar refractivity (Wildman–Crippen MR) is 109 cm³/mol. The van der Waals surface area contributed by atoms with Crippen molar-refractivity contribution in [3.8, 4) is 5.75 Å². The van der Waals surface area contributed by atoms with Gasteiger partial charge in [-0.3, -0.25) is 9.97 Å². The standard InChI is InChI=1S/C24H19F3N2O/c1-15-5-2-9-19(29-15)14-21(17-6-3-8-18(13-17)24(25,26)27)20-11-10-16-7-4-12-28-22(16)23(20)30/h2-13,21,30H,14H2,1H3. The zero-order valence-corrected chi connectivity index (χ0v) is 16.2. The fourth-order valence-corrected chi connectivity index (χ4v) is 3.69. The van der Waals surface area contributed by atoms with Gasteiger partial charge in [0.15, 0.2) is 0 Å². The Kier molecular flexibility index (Phi) is 5.16. The van der Waals surface area contributed by atoms with E-state index in [2.05, 4.69) is 9.97 Å². The van der Waals surface area contributed by atoms with Gasteiger partial charge in [-0.2, -0.15) is 13.2 Å². The molecule has 0 saturated carbocycles. The van der Waals surface area contributed by atoms with E-state index in [4.69, 9.17) is 0 Å². The van der Waals surface area contributed by atoms with E-state index in [9.17, 15) is 18.3 Å². The van der Waals surface area contributed by atoms with Crippen LogP contribution in [0.15, 0.2) is 72.9 Å². The highest BCUT2D eigenvalue weighted by atomic mass is 19.4. The second kappa shape index (κ2) is 7.78. The first-order chi connectivity index (χ1) is 14.3. The van der Waals surface area contributed by atoms with E-state index >= 15 is 0 Å². The summed E-state index contributed by atoms with van der Waals surface area (Å²) in [5.41, 5.74) is 2.23. The molecule has 2 aromatic carbocycles. The molecule has 0 aliphatic heterocycles. The van der Waals surface area contributed by atoms with Crippen LogP contribution in [0.3, 0.4) is 0 Å². The molecule has 1 atom stereocenters. The van der Waals surface area contributed by atoms with E-state index in [1.165, 1.54) is 6.07 Å². The molecule has 0 radical (unpaired) electrons. The van der Waals surface area contributed by atoms with Gasteiger partial charge in [-0.25, -0.2) is 0 Å².